The van der Waals surface area contributed by atoms with Gasteiger partial charge in [-0.25, -0.2) is 9.97 Å². The van der Waals surface area contributed by atoms with Gasteiger partial charge in [-0.2, -0.15) is 0 Å². The van der Waals surface area contributed by atoms with Crippen LogP contribution in [0.1, 0.15) is 27.9 Å². The molecule has 6 nitrogen and oxygen atoms in total. The minimum absolute atomic E-state index is 0.0555. The zero-order valence-corrected chi connectivity index (χ0v) is 16.5. The topological polar surface area (TPSA) is 67.3 Å². The van der Waals surface area contributed by atoms with Crippen LogP contribution in [0, 0.1) is 0 Å². The molecule has 0 atom stereocenters. The summed E-state index contributed by atoms with van der Waals surface area (Å²) < 4.78 is 5.25. The number of amides is 1. The first-order chi connectivity index (χ1) is 14.2. The zero-order valence-electron chi connectivity index (χ0n) is 16.5. The van der Waals surface area contributed by atoms with Crippen molar-refractivity contribution < 1.29 is 9.53 Å². The molecule has 4 rings (SSSR count). The number of carbonyl (C=O) groups excluding carboxylic acids is 1. The van der Waals surface area contributed by atoms with Crippen LogP contribution in [-0.2, 0) is 12.8 Å². The van der Waals surface area contributed by atoms with Crippen LogP contribution in [0.15, 0.2) is 60.9 Å². The fourth-order valence-corrected chi connectivity index (χ4v) is 3.58. The number of nitrogens with zero attached hydrogens (tertiary/aromatic N) is 3. The van der Waals surface area contributed by atoms with Crippen molar-refractivity contribution in [3.8, 4) is 5.75 Å². The molecular weight excluding hydrogens is 364 g/mol. The number of aromatic nitrogens is 2. The van der Waals surface area contributed by atoms with Gasteiger partial charge >= 0.3 is 0 Å². The Kier molecular flexibility index (Phi) is 5.70. The van der Waals surface area contributed by atoms with Crippen LogP contribution in [-0.4, -0.2) is 36.1 Å². The Hall–Kier alpha value is -3.41. The number of hydrogen-bond donors (Lipinski definition) is 1. The van der Waals surface area contributed by atoms with Crippen molar-refractivity contribution in [1.82, 2.24) is 9.97 Å². The van der Waals surface area contributed by atoms with E-state index in [1.807, 2.05) is 41.3 Å². The van der Waals surface area contributed by atoms with Crippen LogP contribution in [0.25, 0.3) is 0 Å². The average Bonchev–Trinajstić information content (AvgIpc) is 2.79. The smallest absolute Gasteiger partial charge is 0.261 e. The van der Waals surface area contributed by atoms with E-state index in [-0.39, 0.29) is 5.91 Å². The molecule has 1 N–H and O–H groups in total. The van der Waals surface area contributed by atoms with E-state index in [9.17, 15) is 4.79 Å². The highest BCUT2D eigenvalue weighted by Gasteiger charge is 2.23. The van der Waals surface area contributed by atoms with Gasteiger partial charge in [-0.1, -0.05) is 30.3 Å². The van der Waals surface area contributed by atoms with Crippen LogP contribution in [0.2, 0.25) is 0 Å². The van der Waals surface area contributed by atoms with E-state index in [1.54, 1.807) is 19.5 Å². The highest BCUT2D eigenvalue weighted by molar-refractivity contribution is 6.06. The fraction of sp³-hybridized carbons (Fsp3) is 0.261. The van der Waals surface area contributed by atoms with Crippen molar-refractivity contribution in [1.29, 1.82) is 0 Å². The normalized spacial score (nSPS) is 12.9. The molecule has 1 aromatic heterocycles. The Morgan fingerprint density at radius 3 is 2.79 bits per heavy atom. The van der Waals surface area contributed by atoms with Gasteiger partial charge in [-0.05, 0) is 48.6 Å². The number of nitrogens with one attached hydrogen (secondary N) is 1. The van der Waals surface area contributed by atoms with Crippen LogP contribution in [0.3, 0.4) is 0 Å². The average molecular weight is 388 g/mol. The monoisotopic (exact) mass is 388 g/mol. The van der Waals surface area contributed by atoms with E-state index in [0.717, 1.165) is 37.2 Å². The predicted octanol–water partition coefficient (Wildman–Crippen LogP) is 3.73. The lowest BCUT2D eigenvalue weighted by Crippen LogP contribution is -2.35. The summed E-state index contributed by atoms with van der Waals surface area (Å²) in [6, 6.07) is 16.0. The second-order valence-electron chi connectivity index (χ2n) is 7.01. The summed E-state index contributed by atoms with van der Waals surface area (Å²) in [5.74, 6) is 1.31. The number of methoxy groups -OCH3 is 1. The summed E-state index contributed by atoms with van der Waals surface area (Å²) >= 11 is 0. The Bertz CT molecular complexity index is 988. The highest BCUT2D eigenvalue weighted by atomic mass is 16.5. The van der Waals surface area contributed by atoms with Crippen molar-refractivity contribution in [3.63, 3.8) is 0 Å². The molecular formula is C23H24N4O2. The maximum Gasteiger partial charge on any atom is 0.261 e. The van der Waals surface area contributed by atoms with E-state index in [4.69, 9.17) is 4.74 Å². The number of carbonyl (C=O) groups is 1. The molecule has 1 amide bonds. The lowest BCUT2D eigenvalue weighted by molar-refractivity contribution is 0.0984. The van der Waals surface area contributed by atoms with Gasteiger partial charge in [0.25, 0.3) is 5.91 Å². The SMILES string of the molecule is COc1cccc(CCNc2ncc(C(=O)N3CCCc4ccccc43)cn2)c1. The lowest BCUT2D eigenvalue weighted by atomic mass is 10.0. The summed E-state index contributed by atoms with van der Waals surface area (Å²) in [7, 11) is 1.66. The number of fused-ring (bicyclic) bond motifs is 1. The summed E-state index contributed by atoms with van der Waals surface area (Å²) in [6.07, 6.45) is 5.99. The quantitative estimate of drug-likeness (QED) is 0.697. The third-order valence-electron chi connectivity index (χ3n) is 5.09. The summed E-state index contributed by atoms with van der Waals surface area (Å²) in [5.41, 5.74) is 3.88. The molecule has 0 spiro atoms. The van der Waals surface area contributed by atoms with Gasteiger partial charge in [-0.3, -0.25) is 4.79 Å². The molecule has 1 aliphatic heterocycles. The summed E-state index contributed by atoms with van der Waals surface area (Å²) in [4.78, 5) is 23.4. The third-order valence-corrected chi connectivity index (χ3v) is 5.09. The van der Waals surface area contributed by atoms with Crippen molar-refractivity contribution in [2.24, 2.45) is 0 Å². The van der Waals surface area contributed by atoms with Crippen molar-refractivity contribution in [2.45, 2.75) is 19.3 Å². The van der Waals surface area contributed by atoms with Crippen molar-refractivity contribution >= 4 is 17.5 Å². The number of ether oxygens (including phenoxy) is 1. The maximum atomic E-state index is 12.9. The molecule has 0 radical (unpaired) electrons. The molecule has 2 aromatic carbocycles. The van der Waals surface area contributed by atoms with Gasteiger partial charge in [-0.15, -0.1) is 0 Å². The third kappa shape index (κ3) is 4.37. The summed E-state index contributed by atoms with van der Waals surface area (Å²) in [6.45, 7) is 1.41. The van der Waals surface area contributed by atoms with Gasteiger partial charge < -0.3 is 15.0 Å². The van der Waals surface area contributed by atoms with Crippen LogP contribution in [0.5, 0.6) is 5.75 Å². The van der Waals surface area contributed by atoms with E-state index in [1.165, 1.54) is 11.1 Å². The standard InChI is InChI=1S/C23H24N4O2/c1-29-20-9-4-6-17(14-20)11-12-24-23-25-15-19(16-26-23)22(28)27-13-5-8-18-7-2-3-10-21(18)27/h2-4,6-7,9-10,14-16H,5,8,11-13H2,1H3,(H,24,25,26). The van der Waals surface area contributed by atoms with E-state index in [2.05, 4.69) is 27.4 Å². The molecule has 0 fully saturated rings. The fourth-order valence-electron chi connectivity index (χ4n) is 3.58. The molecule has 3 aromatic rings. The molecule has 0 unspecified atom stereocenters. The molecule has 148 valence electrons. The second kappa shape index (κ2) is 8.73. The second-order valence-corrected chi connectivity index (χ2v) is 7.01. The first-order valence-electron chi connectivity index (χ1n) is 9.83. The molecule has 2 heterocycles. The van der Waals surface area contributed by atoms with Gasteiger partial charge in [0.15, 0.2) is 0 Å². The molecule has 6 heteroatoms. The van der Waals surface area contributed by atoms with Gasteiger partial charge in [0.2, 0.25) is 5.95 Å². The number of benzene rings is 2. The van der Waals surface area contributed by atoms with Gasteiger partial charge in [0, 0.05) is 31.2 Å². The molecule has 0 aliphatic carbocycles. The van der Waals surface area contributed by atoms with Crippen molar-refractivity contribution in [3.05, 3.63) is 77.6 Å². The molecule has 0 saturated heterocycles. The number of hydrogen-bond acceptors (Lipinski definition) is 5. The predicted molar refractivity (Wildman–Crippen MR) is 114 cm³/mol. The molecule has 29 heavy (non-hydrogen) atoms. The van der Waals surface area contributed by atoms with Crippen LogP contribution < -0.4 is 15.0 Å². The van der Waals surface area contributed by atoms with Gasteiger partial charge in [0.05, 0.1) is 12.7 Å². The number of anilines is 2. The minimum Gasteiger partial charge on any atom is -0.497 e. The highest BCUT2D eigenvalue weighted by Crippen LogP contribution is 2.27. The molecule has 1 aliphatic rings. The van der Waals surface area contributed by atoms with Crippen molar-refractivity contribution in [2.75, 3.05) is 30.4 Å². The van der Waals surface area contributed by atoms with Crippen LogP contribution in [0.4, 0.5) is 11.6 Å². The van der Waals surface area contributed by atoms with Crippen LogP contribution >= 0.6 is 0 Å². The first kappa shape index (κ1) is 18.9. The van der Waals surface area contributed by atoms with E-state index < -0.39 is 0 Å². The number of aryl methyl sites for hydroxylation is 1. The van der Waals surface area contributed by atoms with Gasteiger partial charge in [0.1, 0.15) is 5.75 Å². The molecule has 0 saturated carbocycles. The van der Waals surface area contributed by atoms with E-state index in [0.29, 0.717) is 18.1 Å². The molecule has 0 bridgehead atoms. The Balaban J connectivity index is 1.37. The number of rotatable bonds is 6. The number of para-hydroxylation sites is 1. The van der Waals surface area contributed by atoms with E-state index >= 15 is 0 Å². The largest absolute Gasteiger partial charge is 0.497 e. The first-order valence-corrected chi connectivity index (χ1v) is 9.83. The zero-order chi connectivity index (χ0) is 20.1. The Morgan fingerprint density at radius 2 is 1.97 bits per heavy atom. The lowest BCUT2D eigenvalue weighted by Gasteiger charge is -2.29. The summed E-state index contributed by atoms with van der Waals surface area (Å²) in [5, 5.41) is 3.20. The Morgan fingerprint density at radius 1 is 1.14 bits per heavy atom. The Labute approximate surface area is 170 Å². The minimum atomic E-state index is -0.0555. The maximum absolute atomic E-state index is 12.9.